The van der Waals surface area contributed by atoms with Gasteiger partial charge >= 0.3 is 0 Å². The van der Waals surface area contributed by atoms with Gasteiger partial charge in [-0.25, -0.2) is 0 Å². The van der Waals surface area contributed by atoms with Crippen LogP contribution in [0, 0.1) is 0 Å². The Hall–Kier alpha value is -0.313. The van der Waals surface area contributed by atoms with Crippen molar-refractivity contribution in [3.63, 3.8) is 0 Å². The number of benzene rings is 1. The lowest BCUT2D eigenvalue weighted by Gasteiger charge is -2.36. The van der Waals surface area contributed by atoms with Gasteiger partial charge < -0.3 is 4.43 Å². The Labute approximate surface area is 111 Å². The molecule has 0 bridgehead atoms. The minimum absolute atomic E-state index is 0.279. The third-order valence-electron chi connectivity index (χ3n) is 3.55. The van der Waals surface area contributed by atoms with Crippen molar-refractivity contribution < 1.29 is 4.43 Å². The van der Waals surface area contributed by atoms with Gasteiger partial charge in [0, 0.05) is 11.6 Å². The highest BCUT2D eigenvalue weighted by Gasteiger charge is 2.36. The van der Waals surface area contributed by atoms with Crippen LogP contribution in [0.2, 0.25) is 23.2 Å². The van der Waals surface area contributed by atoms with Gasteiger partial charge in [0.25, 0.3) is 0 Å². The predicted octanol–water partition coefficient (Wildman–Crippen LogP) is 4.90. The fourth-order valence-electron chi connectivity index (χ4n) is 1.33. The molecule has 96 valence electrons. The number of halogens is 1. The van der Waals surface area contributed by atoms with E-state index in [2.05, 4.69) is 39.9 Å². The van der Waals surface area contributed by atoms with Crippen LogP contribution in [0.3, 0.4) is 0 Å². The summed E-state index contributed by atoms with van der Waals surface area (Å²) in [6, 6.07) is 8.00. The first-order chi connectivity index (χ1) is 7.72. The molecule has 0 aromatic heterocycles. The standard InChI is InChI=1S/C14H23ClOSi/c1-14(2,3)17(4,5)16-10-9-12-7-6-8-13(15)11-12/h6-8,11H,9-10H2,1-5H3. The van der Waals surface area contributed by atoms with Crippen LogP contribution in [0.15, 0.2) is 24.3 Å². The van der Waals surface area contributed by atoms with E-state index in [1.165, 1.54) is 5.56 Å². The van der Waals surface area contributed by atoms with E-state index in [4.69, 9.17) is 16.0 Å². The minimum Gasteiger partial charge on any atom is -0.416 e. The predicted molar refractivity (Wildman–Crippen MR) is 78.3 cm³/mol. The third-order valence-corrected chi connectivity index (χ3v) is 8.32. The SMILES string of the molecule is CC(C)(C)[Si](C)(C)OCCc1cccc(Cl)c1. The fourth-order valence-corrected chi connectivity index (χ4v) is 2.59. The van der Waals surface area contributed by atoms with Crippen LogP contribution in [-0.4, -0.2) is 14.9 Å². The summed E-state index contributed by atoms with van der Waals surface area (Å²) in [4.78, 5) is 0. The summed E-state index contributed by atoms with van der Waals surface area (Å²) in [5, 5.41) is 1.08. The first-order valence-corrected chi connectivity index (χ1v) is 9.39. The Morgan fingerprint density at radius 2 is 1.88 bits per heavy atom. The summed E-state index contributed by atoms with van der Waals surface area (Å²) >= 11 is 5.95. The molecule has 0 aliphatic rings. The van der Waals surface area contributed by atoms with Gasteiger partial charge in [-0.1, -0.05) is 44.5 Å². The van der Waals surface area contributed by atoms with E-state index in [-0.39, 0.29) is 5.04 Å². The van der Waals surface area contributed by atoms with Gasteiger partial charge in [0.05, 0.1) is 0 Å². The molecule has 0 aliphatic heterocycles. The quantitative estimate of drug-likeness (QED) is 0.707. The molecule has 17 heavy (non-hydrogen) atoms. The number of rotatable bonds is 4. The average Bonchev–Trinajstić information content (AvgIpc) is 2.15. The van der Waals surface area contributed by atoms with E-state index in [9.17, 15) is 0 Å². The topological polar surface area (TPSA) is 9.23 Å². The van der Waals surface area contributed by atoms with E-state index >= 15 is 0 Å². The molecule has 3 heteroatoms. The molecule has 0 fully saturated rings. The highest BCUT2D eigenvalue weighted by molar-refractivity contribution is 6.74. The van der Waals surface area contributed by atoms with Crippen molar-refractivity contribution in [2.45, 2.75) is 45.3 Å². The zero-order valence-electron chi connectivity index (χ0n) is 11.5. The van der Waals surface area contributed by atoms with Gasteiger partial charge in [-0.2, -0.15) is 0 Å². The maximum atomic E-state index is 6.13. The first-order valence-electron chi connectivity index (χ1n) is 6.11. The molecule has 0 spiro atoms. The monoisotopic (exact) mass is 270 g/mol. The van der Waals surface area contributed by atoms with E-state index in [1.807, 2.05) is 18.2 Å². The zero-order chi connectivity index (χ0) is 13.1. The van der Waals surface area contributed by atoms with E-state index in [0.29, 0.717) is 0 Å². The molecule has 1 aromatic carbocycles. The Bertz CT molecular complexity index is 369. The second-order valence-corrected chi connectivity index (χ2v) is 11.2. The van der Waals surface area contributed by atoms with Gasteiger partial charge in [0.2, 0.25) is 0 Å². The van der Waals surface area contributed by atoms with Crippen LogP contribution in [0.5, 0.6) is 0 Å². The molecule has 0 N–H and O–H groups in total. The fraction of sp³-hybridized carbons (Fsp3) is 0.571. The molecule has 0 atom stereocenters. The summed E-state index contributed by atoms with van der Waals surface area (Å²) in [5.74, 6) is 0. The minimum atomic E-state index is -1.61. The molecule has 1 nitrogen and oxygen atoms in total. The number of hydrogen-bond donors (Lipinski definition) is 0. The summed E-state index contributed by atoms with van der Waals surface area (Å²) in [6.07, 6.45) is 0.938. The molecule has 0 amide bonds. The molecule has 0 saturated heterocycles. The van der Waals surface area contributed by atoms with Crippen molar-refractivity contribution in [1.82, 2.24) is 0 Å². The summed E-state index contributed by atoms with van der Waals surface area (Å²) in [7, 11) is -1.61. The van der Waals surface area contributed by atoms with E-state index < -0.39 is 8.32 Å². The van der Waals surface area contributed by atoms with Gasteiger partial charge in [0.1, 0.15) is 0 Å². The van der Waals surface area contributed by atoms with Gasteiger partial charge in [-0.05, 0) is 42.2 Å². The lowest BCUT2D eigenvalue weighted by Crippen LogP contribution is -2.41. The molecular formula is C14H23ClOSi. The summed E-state index contributed by atoms with van der Waals surface area (Å²) in [6.45, 7) is 12.1. The maximum Gasteiger partial charge on any atom is 0.191 e. The zero-order valence-corrected chi connectivity index (χ0v) is 13.3. The molecule has 1 aromatic rings. The highest BCUT2D eigenvalue weighted by atomic mass is 35.5. The summed E-state index contributed by atoms with van der Waals surface area (Å²) in [5.41, 5.74) is 1.25. The molecular weight excluding hydrogens is 248 g/mol. The van der Waals surface area contributed by atoms with Crippen molar-refractivity contribution in [1.29, 1.82) is 0 Å². The molecule has 1 rings (SSSR count). The molecule has 0 aliphatic carbocycles. The summed E-state index contributed by atoms with van der Waals surface area (Å²) < 4.78 is 6.13. The third kappa shape index (κ3) is 4.45. The smallest absolute Gasteiger partial charge is 0.191 e. The van der Waals surface area contributed by atoms with Gasteiger partial charge in [0.15, 0.2) is 8.32 Å². The lowest BCUT2D eigenvalue weighted by molar-refractivity contribution is 0.292. The second-order valence-electron chi connectivity index (χ2n) is 5.99. The van der Waals surface area contributed by atoms with Crippen LogP contribution in [-0.2, 0) is 10.8 Å². The lowest BCUT2D eigenvalue weighted by atomic mass is 10.2. The van der Waals surface area contributed by atoms with Crippen molar-refractivity contribution in [3.8, 4) is 0 Å². The van der Waals surface area contributed by atoms with Gasteiger partial charge in [-0.15, -0.1) is 0 Å². The first kappa shape index (κ1) is 14.7. The van der Waals surface area contributed by atoms with E-state index in [1.54, 1.807) is 0 Å². The molecule has 0 unspecified atom stereocenters. The highest BCUT2D eigenvalue weighted by Crippen LogP contribution is 2.36. The van der Waals surface area contributed by atoms with Crippen LogP contribution in [0.1, 0.15) is 26.3 Å². The second kappa shape index (κ2) is 5.55. The normalized spacial score (nSPS) is 12.8. The van der Waals surface area contributed by atoms with Crippen LogP contribution >= 0.6 is 11.6 Å². The Morgan fingerprint density at radius 3 is 2.41 bits per heavy atom. The maximum absolute atomic E-state index is 6.13. The van der Waals surface area contributed by atoms with Crippen molar-refractivity contribution >= 4 is 19.9 Å². The van der Waals surface area contributed by atoms with Gasteiger partial charge in [-0.3, -0.25) is 0 Å². The van der Waals surface area contributed by atoms with Crippen molar-refractivity contribution in [2.24, 2.45) is 0 Å². The van der Waals surface area contributed by atoms with Crippen molar-refractivity contribution in [3.05, 3.63) is 34.9 Å². The Morgan fingerprint density at radius 1 is 1.24 bits per heavy atom. The Kier molecular flexibility index (Phi) is 4.82. The Balaban J connectivity index is 2.48. The average molecular weight is 271 g/mol. The van der Waals surface area contributed by atoms with Crippen LogP contribution < -0.4 is 0 Å². The number of hydrogen-bond acceptors (Lipinski definition) is 1. The van der Waals surface area contributed by atoms with Crippen molar-refractivity contribution in [2.75, 3.05) is 6.61 Å². The largest absolute Gasteiger partial charge is 0.416 e. The van der Waals surface area contributed by atoms with E-state index in [0.717, 1.165) is 18.1 Å². The van der Waals surface area contributed by atoms with Crippen LogP contribution in [0.25, 0.3) is 0 Å². The molecule has 0 radical (unpaired) electrons. The molecule has 0 saturated carbocycles. The molecule has 0 heterocycles. The van der Waals surface area contributed by atoms with Crippen LogP contribution in [0.4, 0.5) is 0 Å².